The van der Waals surface area contributed by atoms with Crippen LogP contribution in [-0.4, -0.2) is 53.9 Å². The van der Waals surface area contributed by atoms with E-state index in [2.05, 4.69) is 15.3 Å². The molecule has 0 aliphatic carbocycles. The van der Waals surface area contributed by atoms with Crippen molar-refractivity contribution in [2.75, 3.05) is 43.5 Å². The number of hydrogen-bond acceptors (Lipinski definition) is 6. The first-order valence-corrected chi connectivity index (χ1v) is 13.7. The number of carbonyl (C=O) groups is 1. The molecule has 9 heteroatoms. The van der Waals surface area contributed by atoms with E-state index in [0.29, 0.717) is 49.9 Å². The van der Waals surface area contributed by atoms with Gasteiger partial charge < -0.3 is 24.6 Å². The quantitative estimate of drug-likeness (QED) is 0.337. The first-order valence-electron chi connectivity index (χ1n) is 13.7. The maximum atomic E-state index is 14.1. The fourth-order valence-corrected chi connectivity index (χ4v) is 5.49. The zero-order valence-electron chi connectivity index (χ0n) is 23.1. The summed E-state index contributed by atoms with van der Waals surface area (Å²) in [5.74, 6) is 1.73. The van der Waals surface area contributed by atoms with Gasteiger partial charge >= 0.3 is 0 Å². The molecule has 0 saturated carbocycles. The van der Waals surface area contributed by atoms with E-state index in [0.717, 1.165) is 28.3 Å². The predicted molar refractivity (Wildman–Crippen MR) is 156 cm³/mol. The largest absolute Gasteiger partial charge is 0.493 e. The van der Waals surface area contributed by atoms with E-state index < -0.39 is 6.04 Å². The Morgan fingerprint density at radius 1 is 0.976 bits per heavy atom. The number of allylic oxidation sites excluding steroid dienone is 1. The minimum absolute atomic E-state index is 0.0386. The molecule has 2 aliphatic heterocycles. The van der Waals surface area contributed by atoms with Gasteiger partial charge in [0, 0.05) is 43.6 Å². The molecule has 2 aliphatic rings. The molecule has 6 rings (SSSR count). The Kier molecular flexibility index (Phi) is 7.33. The minimum Gasteiger partial charge on any atom is -0.493 e. The Balaban J connectivity index is 1.25. The molecule has 1 atom stereocenters. The Labute approximate surface area is 238 Å². The van der Waals surface area contributed by atoms with Crippen molar-refractivity contribution in [3.8, 4) is 11.5 Å². The smallest absolute Gasteiger partial charge is 0.254 e. The molecule has 3 heterocycles. The number of fused-ring (bicyclic) bond motifs is 1. The van der Waals surface area contributed by atoms with Crippen LogP contribution in [0.15, 0.2) is 96.3 Å². The third-order valence-electron chi connectivity index (χ3n) is 7.64. The highest BCUT2D eigenvalue weighted by molar-refractivity contribution is 5.97. The third kappa shape index (κ3) is 5.35. The molecule has 1 saturated heterocycles. The SMILES string of the molecule is COc1cc(C2C(C(=O)N3CCN(c4ccc(F)cc4)CC3)=C(C)Nc3ccnn32)ccc1OCc1ccccc1. The second kappa shape index (κ2) is 11.4. The zero-order chi connectivity index (χ0) is 28.3. The molecule has 210 valence electrons. The summed E-state index contributed by atoms with van der Waals surface area (Å²) in [7, 11) is 1.62. The van der Waals surface area contributed by atoms with Crippen LogP contribution < -0.4 is 19.7 Å². The fraction of sp³-hybridized carbons (Fsp3) is 0.250. The second-order valence-electron chi connectivity index (χ2n) is 10.2. The second-order valence-corrected chi connectivity index (χ2v) is 10.2. The average Bonchev–Trinajstić information content (AvgIpc) is 3.48. The molecule has 1 N–H and O–H groups in total. The summed E-state index contributed by atoms with van der Waals surface area (Å²) >= 11 is 0. The van der Waals surface area contributed by atoms with Gasteiger partial charge in [-0.3, -0.25) is 4.79 Å². The van der Waals surface area contributed by atoms with Crippen molar-refractivity contribution in [1.29, 1.82) is 0 Å². The van der Waals surface area contributed by atoms with Gasteiger partial charge in [-0.2, -0.15) is 5.10 Å². The van der Waals surface area contributed by atoms with Gasteiger partial charge in [0.2, 0.25) is 0 Å². The van der Waals surface area contributed by atoms with Crippen LogP contribution in [0, 0.1) is 5.82 Å². The number of amides is 1. The van der Waals surface area contributed by atoms with Gasteiger partial charge in [0.25, 0.3) is 5.91 Å². The van der Waals surface area contributed by atoms with E-state index in [1.807, 2.05) is 71.1 Å². The van der Waals surface area contributed by atoms with E-state index in [1.165, 1.54) is 12.1 Å². The number of methoxy groups -OCH3 is 1. The van der Waals surface area contributed by atoms with E-state index in [4.69, 9.17) is 9.47 Å². The lowest BCUT2D eigenvalue weighted by Gasteiger charge is -2.38. The molecular weight excluding hydrogens is 521 g/mol. The molecule has 1 aromatic heterocycles. The summed E-state index contributed by atoms with van der Waals surface area (Å²) in [6, 6.07) is 23.7. The molecule has 4 aromatic rings. The number of nitrogens with one attached hydrogen (secondary N) is 1. The van der Waals surface area contributed by atoms with Crippen LogP contribution in [0.4, 0.5) is 15.9 Å². The highest BCUT2D eigenvalue weighted by Crippen LogP contribution is 2.40. The van der Waals surface area contributed by atoms with Crippen LogP contribution in [0.1, 0.15) is 24.1 Å². The minimum atomic E-state index is -0.444. The summed E-state index contributed by atoms with van der Waals surface area (Å²) in [4.78, 5) is 18.2. The zero-order valence-corrected chi connectivity index (χ0v) is 23.1. The number of carbonyl (C=O) groups excluding carboxylic acids is 1. The Hall–Kier alpha value is -4.79. The van der Waals surface area contributed by atoms with Gasteiger partial charge in [0.05, 0.1) is 18.9 Å². The number of piperazine rings is 1. The van der Waals surface area contributed by atoms with Crippen LogP contribution in [0.5, 0.6) is 11.5 Å². The normalized spacial score (nSPS) is 16.7. The van der Waals surface area contributed by atoms with Crippen molar-refractivity contribution in [2.45, 2.75) is 19.6 Å². The Bertz CT molecular complexity index is 1560. The molecule has 1 unspecified atom stereocenters. The number of halogens is 1. The maximum Gasteiger partial charge on any atom is 0.254 e. The van der Waals surface area contributed by atoms with Gasteiger partial charge in [-0.25, -0.2) is 9.07 Å². The van der Waals surface area contributed by atoms with Gasteiger partial charge in [-0.1, -0.05) is 36.4 Å². The molecule has 0 spiro atoms. The fourth-order valence-electron chi connectivity index (χ4n) is 5.49. The van der Waals surface area contributed by atoms with Crippen molar-refractivity contribution in [1.82, 2.24) is 14.7 Å². The average molecular weight is 554 g/mol. The third-order valence-corrected chi connectivity index (χ3v) is 7.64. The van der Waals surface area contributed by atoms with Crippen LogP contribution in [0.2, 0.25) is 0 Å². The van der Waals surface area contributed by atoms with Crippen LogP contribution in [-0.2, 0) is 11.4 Å². The molecule has 41 heavy (non-hydrogen) atoms. The monoisotopic (exact) mass is 553 g/mol. The number of rotatable bonds is 7. The number of hydrogen-bond donors (Lipinski definition) is 1. The summed E-state index contributed by atoms with van der Waals surface area (Å²) in [5.41, 5.74) is 4.31. The van der Waals surface area contributed by atoms with Crippen molar-refractivity contribution >= 4 is 17.4 Å². The van der Waals surface area contributed by atoms with Crippen LogP contribution in [0.3, 0.4) is 0 Å². The summed E-state index contributed by atoms with van der Waals surface area (Å²) < 4.78 is 27.0. The van der Waals surface area contributed by atoms with Gasteiger partial charge in [-0.15, -0.1) is 0 Å². The molecule has 1 amide bonds. The number of ether oxygens (including phenoxy) is 2. The van der Waals surface area contributed by atoms with E-state index in [9.17, 15) is 9.18 Å². The highest BCUT2D eigenvalue weighted by atomic mass is 19.1. The van der Waals surface area contributed by atoms with Crippen molar-refractivity contribution in [3.63, 3.8) is 0 Å². The van der Waals surface area contributed by atoms with E-state index >= 15 is 0 Å². The molecule has 8 nitrogen and oxygen atoms in total. The predicted octanol–water partition coefficient (Wildman–Crippen LogP) is 5.25. The molecule has 1 fully saturated rings. The van der Waals surface area contributed by atoms with Gasteiger partial charge in [0.1, 0.15) is 24.3 Å². The lowest BCUT2D eigenvalue weighted by molar-refractivity contribution is -0.128. The van der Waals surface area contributed by atoms with Crippen molar-refractivity contribution in [3.05, 3.63) is 113 Å². The first-order chi connectivity index (χ1) is 20.0. The topological polar surface area (TPSA) is 71.9 Å². The lowest BCUT2D eigenvalue weighted by atomic mass is 9.93. The van der Waals surface area contributed by atoms with Crippen LogP contribution >= 0.6 is 0 Å². The molecule has 3 aromatic carbocycles. The van der Waals surface area contributed by atoms with Crippen molar-refractivity contribution < 1.29 is 18.7 Å². The molecular formula is C32H32FN5O3. The summed E-state index contributed by atoms with van der Waals surface area (Å²) in [6.45, 7) is 4.79. The highest BCUT2D eigenvalue weighted by Gasteiger charge is 2.36. The number of anilines is 2. The Morgan fingerprint density at radius 3 is 2.46 bits per heavy atom. The van der Waals surface area contributed by atoms with E-state index in [-0.39, 0.29) is 11.7 Å². The Morgan fingerprint density at radius 2 is 1.73 bits per heavy atom. The number of nitrogens with zero attached hydrogens (tertiary/aromatic N) is 4. The first kappa shape index (κ1) is 26.4. The number of aromatic nitrogens is 2. The number of benzene rings is 3. The lowest BCUT2D eigenvalue weighted by Crippen LogP contribution is -2.50. The van der Waals surface area contributed by atoms with Gasteiger partial charge in [-0.05, 0) is 54.4 Å². The molecule has 0 radical (unpaired) electrons. The molecule has 0 bridgehead atoms. The van der Waals surface area contributed by atoms with Crippen molar-refractivity contribution in [2.24, 2.45) is 0 Å². The van der Waals surface area contributed by atoms with Crippen LogP contribution in [0.25, 0.3) is 0 Å². The maximum absolute atomic E-state index is 14.1. The van der Waals surface area contributed by atoms with Gasteiger partial charge in [0.15, 0.2) is 11.5 Å². The van der Waals surface area contributed by atoms with E-state index in [1.54, 1.807) is 25.4 Å². The summed E-state index contributed by atoms with van der Waals surface area (Å²) in [6.07, 6.45) is 1.73. The summed E-state index contributed by atoms with van der Waals surface area (Å²) in [5, 5.41) is 7.94. The standard InChI is InChI=1S/C32H32FN5O3/c1-22-30(32(39)37-18-16-36(17-19-37)26-11-9-25(33)10-12-26)31(38-29(35-22)14-15-34-38)24-8-13-27(28(20-24)40-2)41-21-23-6-4-3-5-7-23/h3-15,20,31,35H,16-19,21H2,1-2H3.